The molecule has 1 fully saturated rings. The summed E-state index contributed by atoms with van der Waals surface area (Å²) in [6.45, 7) is 1.27. The van der Waals surface area contributed by atoms with Crippen LogP contribution < -0.4 is 0 Å². The third kappa shape index (κ3) is 4.40. The molecule has 1 aliphatic heterocycles. The maximum atomic E-state index is 12.7. The second-order valence-corrected chi connectivity index (χ2v) is 8.23. The van der Waals surface area contributed by atoms with Gasteiger partial charge in [0.05, 0.1) is 17.1 Å². The van der Waals surface area contributed by atoms with Crippen LogP contribution in [0.3, 0.4) is 0 Å². The van der Waals surface area contributed by atoms with Gasteiger partial charge in [-0.1, -0.05) is 24.3 Å². The summed E-state index contributed by atoms with van der Waals surface area (Å²) in [4.78, 5) is 29.2. The van der Waals surface area contributed by atoms with E-state index in [4.69, 9.17) is 5.10 Å². The highest BCUT2D eigenvalue weighted by Gasteiger charge is 2.23. The third-order valence-corrected chi connectivity index (χ3v) is 6.02. The number of nitrogens with zero attached hydrogens (tertiary/aromatic N) is 4. The third-order valence-electron chi connectivity index (χ3n) is 5.15. The SMILES string of the molecule is CN(Cc1cn(-c2ccccc2)nc1-c1cccs1)C(=O)CN1CCCCC1=O. The Morgan fingerprint density at radius 1 is 1.17 bits per heavy atom. The van der Waals surface area contributed by atoms with Gasteiger partial charge < -0.3 is 9.80 Å². The van der Waals surface area contributed by atoms with Gasteiger partial charge in [-0.05, 0) is 36.4 Å². The largest absolute Gasteiger partial charge is 0.340 e. The number of thiophene rings is 1. The molecule has 0 spiro atoms. The van der Waals surface area contributed by atoms with E-state index in [0.717, 1.165) is 34.7 Å². The number of rotatable bonds is 6. The summed E-state index contributed by atoms with van der Waals surface area (Å²) in [5.41, 5.74) is 2.85. The van der Waals surface area contributed by atoms with E-state index in [9.17, 15) is 9.59 Å². The van der Waals surface area contributed by atoms with E-state index < -0.39 is 0 Å². The molecule has 0 N–H and O–H groups in total. The number of aromatic nitrogens is 2. The number of amides is 2. The van der Waals surface area contributed by atoms with Gasteiger partial charge in [0, 0.05) is 38.3 Å². The van der Waals surface area contributed by atoms with Crippen LogP contribution in [-0.4, -0.2) is 51.5 Å². The van der Waals surface area contributed by atoms with Crippen molar-refractivity contribution in [2.24, 2.45) is 0 Å². The molecule has 7 heteroatoms. The molecule has 0 radical (unpaired) electrons. The number of hydrogen-bond donors (Lipinski definition) is 0. The van der Waals surface area contributed by atoms with Crippen molar-refractivity contribution >= 4 is 23.2 Å². The first-order valence-corrected chi connectivity index (χ1v) is 10.7. The second-order valence-electron chi connectivity index (χ2n) is 7.28. The Balaban J connectivity index is 1.54. The summed E-state index contributed by atoms with van der Waals surface area (Å²) in [6, 6.07) is 14.0. The molecule has 0 aliphatic carbocycles. The van der Waals surface area contributed by atoms with Crippen molar-refractivity contribution in [1.82, 2.24) is 19.6 Å². The quantitative estimate of drug-likeness (QED) is 0.627. The van der Waals surface area contributed by atoms with Crippen molar-refractivity contribution in [3.05, 3.63) is 59.6 Å². The maximum Gasteiger partial charge on any atom is 0.242 e. The van der Waals surface area contributed by atoms with E-state index in [1.165, 1.54) is 0 Å². The van der Waals surface area contributed by atoms with Gasteiger partial charge in [-0.15, -0.1) is 11.3 Å². The van der Waals surface area contributed by atoms with Gasteiger partial charge in [-0.2, -0.15) is 5.10 Å². The highest BCUT2D eigenvalue weighted by atomic mass is 32.1. The number of carbonyl (C=O) groups is 2. The molecule has 1 aliphatic rings. The number of carbonyl (C=O) groups excluding carboxylic acids is 2. The fourth-order valence-electron chi connectivity index (χ4n) is 3.52. The van der Waals surface area contributed by atoms with Crippen LogP contribution in [0.1, 0.15) is 24.8 Å². The van der Waals surface area contributed by atoms with Crippen LogP contribution in [-0.2, 0) is 16.1 Å². The van der Waals surface area contributed by atoms with Crippen LogP contribution in [0.2, 0.25) is 0 Å². The van der Waals surface area contributed by atoms with E-state index in [-0.39, 0.29) is 18.4 Å². The Bertz CT molecular complexity index is 982. The summed E-state index contributed by atoms with van der Waals surface area (Å²) < 4.78 is 1.86. The number of likely N-dealkylation sites (tertiary alicyclic amines) is 1. The number of hydrogen-bond acceptors (Lipinski definition) is 4. The zero-order chi connectivity index (χ0) is 20.2. The molecule has 0 bridgehead atoms. The second kappa shape index (κ2) is 8.61. The van der Waals surface area contributed by atoms with Gasteiger partial charge in [0.1, 0.15) is 5.69 Å². The summed E-state index contributed by atoms with van der Waals surface area (Å²) in [7, 11) is 1.79. The zero-order valence-electron chi connectivity index (χ0n) is 16.5. The van der Waals surface area contributed by atoms with Crippen molar-refractivity contribution in [3.8, 4) is 16.3 Å². The lowest BCUT2D eigenvalue weighted by atomic mass is 10.1. The van der Waals surface area contributed by atoms with Gasteiger partial charge >= 0.3 is 0 Å². The van der Waals surface area contributed by atoms with E-state index in [2.05, 4.69) is 0 Å². The minimum atomic E-state index is -0.0511. The summed E-state index contributed by atoms with van der Waals surface area (Å²) in [5, 5.41) is 6.81. The van der Waals surface area contributed by atoms with Gasteiger partial charge in [0.2, 0.25) is 11.8 Å². The first kappa shape index (κ1) is 19.4. The van der Waals surface area contributed by atoms with Crippen LogP contribution in [0.5, 0.6) is 0 Å². The van der Waals surface area contributed by atoms with Crippen LogP contribution in [0.15, 0.2) is 54.0 Å². The van der Waals surface area contributed by atoms with Crippen LogP contribution in [0, 0.1) is 0 Å². The van der Waals surface area contributed by atoms with Gasteiger partial charge in [-0.3, -0.25) is 9.59 Å². The molecular weight excluding hydrogens is 384 g/mol. The fourth-order valence-corrected chi connectivity index (χ4v) is 4.26. The van der Waals surface area contributed by atoms with Crippen LogP contribution in [0.4, 0.5) is 0 Å². The van der Waals surface area contributed by atoms with Crippen molar-refractivity contribution in [1.29, 1.82) is 0 Å². The van der Waals surface area contributed by atoms with E-state index in [1.54, 1.807) is 28.2 Å². The van der Waals surface area contributed by atoms with E-state index in [0.29, 0.717) is 19.5 Å². The predicted molar refractivity (Wildman–Crippen MR) is 114 cm³/mol. The summed E-state index contributed by atoms with van der Waals surface area (Å²) in [6.07, 6.45) is 4.42. The van der Waals surface area contributed by atoms with Crippen LogP contribution >= 0.6 is 11.3 Å². The molecule has 3 aromatic rings. The predicted octanol–water partition coefficient (Wildman–Crippen LogP) is 3.57. The van der Waals surface area contributed by atoms with Gasteiger partial charge in [0.15, 0.2) is 0 Å². The van der Waals surface area contributed by atoms with Gasteiger partial charge in [0.25, 0.3) is 0 Å². The smallest absolute Gasteiger partial charge is 0.242 e. The van der Waals surface area contributed by atoms with Crippen LogP contribution in [0.25, 0.3) is 16.3 Å². The Hall–Kier alpha value is -2.93. The zero-order valence-corrected chi connectivity index (χ0v) is 17.3. The molecule has 3 heterocycles. The molecular formula is C22H24N4O2S. The van der Waals surface area contributed by atoms with Crippen molar-refractivity contribution < 1.29 is 9.59 Å². The highest BCUT2D eigenvalue weighted by molar-refractivity contribution is 7.13. The van der Waals surface area contributed by atoms with Crippen molar-refractivity contribution in [3.63, 3.8) is 0 Å². The lowest BCUT2D eigenvalue weighted by molar-refractivity contribution is -0.141. The molecule has 1 saturated heterocycles. The fraction of sp³-hybridized carbons (Fsp3) is 0.318. The number of benzene rings is 1. The first-order valence-electron chi connectivity index (χ1n) is 9.81. The Kier molecular flexibility index (Phi) is 5.76. The molecule has 2 aromatic heterocycles. The first-order chi connectivity index (χ1) is 14.1. The number of likely N-dealkylation sites (N-methyl/N-ethyl adjacent to an activating group) is 1. The van der Waals surface area contributed by atoms with Gasteiger partial charge in [-0.25, -0.2) is 4.68 Å². The average Bonchev–Trinajstić information content (AvgIpc) is 3.40. The molecule has 0 unspecified atom stereocenters. The molecule has 0 atom stereocenters. The van der Waals surface area contributed by atoms with E-state index >= 15 is 0 Å². The lowest BCUT2D eigenvalue weighted by Gasteiger charge is -2.28. The molecule has 2 amide bonds. The molecule has 150 valence electrons. The molecule has 0 saturated carbocycles. The average molecular weight is 409 g/mol. The Morgan fingerprint density at radius 3 is 2.72 bits per heavy atom. The standard InChI is InChI=1S/C22H24N4O2S/c1-24(21(28)16-25-12-6-5-11-20(25)27)14-17-15-26(18-8-3-2-4-9-18)23-22(17)19-10-7-13-29-19/h2-4,7-10,13,15H,5-6,11-12,14,16H2,1H3. The highest BCUT2D eigenvalue weighted by Crippen LogP contribution is 2.28. The Morgan fingerprint density at radius 2 is 2.00 bits per heavy atom. The number of piperidine rings is 1. The topological polar surface area (TPSA) is 58.4 Å². The Labute approximate surface area is 174 Å². The molecule has 6 nitrogen and oxygen atoms in total. The van der Waals surface area contributed by atoms with E-state index in [1.807, 2.05) is 58.7 Å². The minimum absolute atomic E-state index is 0.0511. The molecule has 29 heavy (non-hydrogen) atoms. The normalized spacial score (nSPS) is 14.2. The summed E-state index contributed by atoms with van der Waals surface area (Å²) >= 11 is 1.63. The molecule has 4 rings (SSSR count). The lowest BCUT2D eigenvalue weighted by Crippen LogP contribution is -2.43. The summed E-state index contributed by atoms with van der Waals surface area (Å²) in [5.74, 6) is 0.0269. The minimum Gasteiger partial charge on any atom is -0.340 e. The number of para-hydroxylation sites is 1. The molecule has 1 aromatic carbocycles. The monoisotopic (exact) mass is 408 g/mol. The maximum absolute atomic E-state index is 12.7. The van der Waals surface area contributed by atoms with Crippen molar-refractivity contribution in [2.75, 3.05) is 20.1 Å². The van der Waals surface area contributed by atoms with Crippen molar-refractivity contribution in [2.45, 2.75) is 25.8 Å².